The number of esters is 2. The topological polar surface area (TPSA) is 82.1 Å². The first-order valence-corrected chi connectivity index (χ1v) is 22.7. The molecule has 0 aromatic heterocycles. The summed E-state index contributed by atoms with van der Waals surface area (Å²) in [6, 6.07) is 0. The van der Waals surface area contributed by atoms with Crippen LogP contribution < -0.4 is 0 Å². The molecule has 1 aliphatic rings. The van der Waals surface area contributed by atoms with E-state index in [2.05, 4.69) is 38.2 Å². The number of unbranched alkanes of at least 4 members (excludes halogenated alkanes) is 22. The van der Waals surface area contributed by atoms with Crippen molar-refractivity contribution < 1.29 is 28.6 Å². The molecule has 1 amide bonds. The first kappa shape index (κ1) is 49.7. The Labute approximate surface area is 333 Å². The number of rotatable bonds is 34. The Morgan fingerprint density at radius 1 is 0.500 bits per heavy atom. The third kappa shape index (κ3) is 30.0. The quantitative estimate of drug-likeness (QED) is 0.0281. The number of carbonyl (C=O) groups excluding carboxylic acids is 3. The molecule has 0 bridgehead atoms. The number of likely N-dealkylation sites (tertiary alicyclic amines) is 1. The van der Waals surface area contributed by atoms with E-state index in [1.54, 1.807) is 4.90 Å². The van der Waals surface area contributed by atoms with Crippen LogP contribution in [0.2, 0.25) is 0 Å². The Bertz CT molecular complexity index is 921. The Balaban J connectivity index is 2.25. The number of hydrogen-bond donors (Lipinski definition) is 0. The van der Waals surface area contributed by atoms with Gasteiger partial charge in [-0.1, -0.05) is 141 Å². The summed E-state index contributed by atoms with van der Waals surface area (Å²) in [5.41, 5.74) is -0.600. The van der Waals surface area contributed by atoms with Crippen molar-refractivity contribution in [3.05, 3.63) is 24.3 Å². The van der Waals surface area contributed by atoms with Gasteiger partial charge in [0.05, 0.1) is 13.2 Å². The molecule has 2 atom stereocenters. The molecule has 0 saturated carbocycles. The van der Waals surface area contributed by atoms with Gasteiger partial charge in [-0.2, -0.15) is 0 Å². The highest BCUT2D eigenvalue weighted by molar-refractivity contribution is 5.70. The summed E-state index contributed by atoms with van der Waals surface area (Å²) in [5, 5.41) is 0. The molecule has 0 unspecified atom stereocenters. The average molecular weight is 760 g/mol. The van der Waals surface area contributed by atoms with Crippen molar-refractivity contribution in [2.45, 2.75) is 220 Å². The standard InChI is InChI=1S/C47H85NO6/c1-6-8-10-12-14-16-18-20-22-24-26-28-30-32-34-36-44(49)52-40-42-38-48(46(51)54-47(3,4)5)39-43(42)41-53-45(50)37-35-33-31-29-27-25-23-21-19-17-15-13-11-9-7-2/h20-23,42-43H,6-19,24-41H2,1-5H3/b22-20-,23-21-/t42-,43-/m0/s1. The molecule has 0 N–H and O–H groups in total. The summed E-state index contributed by atoms with van der Waals surface area (Å²) in [6.45, 7) is 11.4. The maximum atomic E-state index is 12.8. The van der Waals surface area contributed by atoms with E-state index >= 15 is 0 Å². The van der Waals surface area contributed by atoms with E-state index in [0.29, 0.717) is 25.9 Å². The van der Waals surface area contributed by atoms with Crippen molar-refractivity contribution in [3.63, 3.8) is 0 Å². The summed E-state index contributed by atoms with van der Waals surface area (Å²) >= 11 is 0. The zero-order valence-electron chi connectivity index (χ0n) is 36.0. The average Bonchev–Trinajstić information content (AvgIpc) is 3.55. The van der Waals surface area contributed by atoms with Crippen LogP contribution in [0.25, 0.3) is 0 Å². The molecule has 0 aliphatic carbocycles. The SMILES string of the molecule is CCCCCCCC/C=C\CCCCCCCC(=O)OC[C@@H]1CN(C(=O)OC(C)(C)C)C[C@H]1COC(=O)CCCCCCC/C=C\CCCCCCCC. The Kier molecular flexibility index (Phi) is 31.3. The number of carbonyl (C=O) groups is 3. The van der Waals surface area contributed by atoms with Crippen LogP contribution in [0.3, 0.4) is 0 Å². The Hall–Kier alpha value is -2.31. The van der Waals surface area contributed by atoms with Gasteiger partial charge in [-0.25, -0.2) is 4.79 Å². The molecule has 1 fully saturated rings. The molecule has 0 spiro atoms. The van der Waals surface area contributed by atoms with Crippen LogP contribution >= 0.6 is 0 Å². The van der Waals surface area contributed by atoms with Crippen molar-refractivity contribution in [3.8, 4) is 0 Å². The van der Waals surface area contributed by atoms with Crippen molar-refractivity contribution in [2.75, 3.05) is 26.3 Å². The molecule has 0 radical (unpaired) electrons. The molecule has 1 saturated heterocycles. The van der Waals surface area contributed by atoms with E-state index in [4.69, 9.17) is 14.2 Å². The zero-order valence-corrected chi connectivity index (χ0v) is 36.0. The highest BCUT2D eigenvalue weighted by atomic mass is 16.6. The smallest absolute Gasteiger partial charge is 0.410 e. The minimum absolute atomic E-state index is 0.0942. The zero-order chi connectivity index (χ0) is 39.5. The molecule has 314 valence electrons. The van der Waals surface area contributed by atoms with E-state index in [1.807, 2.05) is 20.8 Å². The fourth-order valence-corrected chi connectivity index (χ4v) is 7.02. The van der Waals surface area contributed by atoms with Gasteiger partial charge in [0.2, 0.25) is 0 Å². The monoisotopic (exact) mass is 760 g/mol. The van der Waals surface area contributed by atoms with Crippen molar-refractivity contribution in [2.24, 2.45) is 11.8 Å². The van der Waals surface area contributed by atoms with Crippen molar-refractivity contribution in [1.82, 2.24) is 4.90 Å². The van der Waals surface area contributed by atoms with Gasteiger partial charge >= 0.3 is 18.0 Å². The lowest BCUT2D eigenvalue weighted by molar-refractivity contribution is -0.149. The summed E-state index contributed by atoms with van der Waals surface area (Å²) in [5.74, 6) is -0.571. The molecule has 1 heterocycles. The summed E-state index contributed by atoms with van der Waals surface area (Å²) < 4.78 is 17.0. The van der Waals surface area contributed by atoms with Gasteiger partial charge < -0.3 is 19.1 Å². The highest BCUT2D eigenvalue weighted by Crippen LogP contribution is 2.27. The lowest BCUT2D eigenvalue weighted by atomic mass is 9.98. The van der Waals surface area contributed by atoms with E-state index in [1.165, 1.54) is 116 Å². The molecule has 7 heteroatoms. The molecule has 1 rings (SSSR count). The molecule has 54 heavy (non-hydrogen) atoms. The van der Waals surface area contributed by atoms with Gasteiger partial charge in [0.25, 0.3) is 0 Å². The molecular weight excluding hydrogens is 675 g/mol. The first-order chi connectivity index (χ1) is 26.2. The van der Waals surface area contributed by atoms with Gasteiger partial charge in [0.1, 0.15) is 5.60 Å². The second kappa shape index (κ2) is 34.0. The summed E-state index contributed by atoms with van der Waals surface area (Å²) in [7, 11) is 0. The van der Waals surface area contributed by atoms with Crippen LogP contribution in [-0.2, 0) is 23.8 Å². The molecule has 0 aromatic carbocycles. The van der Waals surface area contributed by atoms with E-state index in [0.717, 1.165) is 51.4 Å². The van der Waals surface area contributed by atoms with Crippen LogP contribution in [-0.4, -0.2) is 54.8 Å². The molecule has 7 nitrogen and oxygen atoms in total. The predicted octanol–water partition coefficient (Wildman–Crippen LogP) is 13.6. The number of amides is 1. The minimum Gasteiger partial charge on any atom is -0.465 e. The maximum absolute atomic E-state index is 12.8. The van der Waals surface area contributed by atoms with Gasteiger partial charge in [-0.15, -0.1) is 0 Å². The largest absolute Gasteiger partial charge is 0.465 e. The molecule has 1 aliphatic heterocycles. The minimum atomic E-state index is -0.600. The second-order valence-corrected chi connectivity index (χ2v) is 16.9. The maximum Gasteiger partial charge on any atom is 0.410 e. The third-order valence-electron chi connectivity index (χ3n) is 10.4. The number of allylic oxidation sites excluding steroid dienone is 4. The lowest BCUT2D eigenvalue weighted by Gasteiger charge is -2.24. The van der Waals surface area contributed by atoms with Gasteiger partial charge in [-0.05, 0) is 85.0 Å². The summed E-state index contributed by atoms with van der Waals surface area (Å²) in [6.07, 6.45) is 41.5. The van der Waals surface area contributed by atoms with Gasteiger partial charge in [0.15, 0.2) is 0 Å². The fraction of sp³-hybridized carbons (Fsp3) is 0.851. The van der Waals surface area contributed by atoms with E-state index in [9.17, 15) is 14.4 Å². The number of ether oxygens (including phenoxy) is 3. The second-order valence-electron chi connectivity index (χ2n) is 16.9. The van der Waals surface area contributed by atoms with E-state index < -0.39 is 5.60 Å². The number of nitrogens with zero attached hydrogens (tertiary/aromatic N) is 1. The van der Waals surface area contributed by atoms with E-state index in [-0.39, 0.29) is 43.1 Å². The normalized spacial score (nSPS) is 16.1. The van der Waals surface area contributed by atoms with Crippen molar-refractivity contribution >= 4 is 18.0 Å². The predicted molar refractivity (Wildman–Crippen MR) is 226 cm³/mol. The third-order valence-corrected chi connectivity index (χ3v) is 10.4. The first-order valence-electron chi connectivity index (χ1n) is 22.7. The highest BCUT2D eigenvalue weighted by Gasteiger charge is 2.38. The van der Waals surface area contributed by atoms with Gasteiger partial charge in [0, 0.05) is 37.8 Å². The lowest BCUT2D eigenvalue weighted by Crippen LogP contribution is -2.35. The van der Waals surface area contributed by atoms with Crippen molar-refractivity contribution in [1.29, 1.82) is 0 Å². The number of hydrogen-bond acceptors (Lipinski definition) is 6. The summed E-state index contributed by atoms with van der Waals surface area (Å²) in [4.78, 5) is 39.7. The van der Waals surface area contributed by atoms with Crippen LogP contribution in [0.5, 0.6) is 0 Å². The fourth-order valence-electron chi connectivity index (χ4n) is 7.02. The van der Waals surface area contributed by atoms with Crippen LogP contribution in [0.1, 0.15) is 214 Å². The van der Waals surface area contributed by atoms with Crippen LogP contribution in [0.4, 0.5) is 4.79 Å². The van der Waals surface area contributed by atoms with Crippen LogP contribution in [0.15, 0.2) is 24.3 Å². The Morgan fingerprint density at radius 3 is 1.15 bits per heavy atom. The van der Waals surface area contributed by atoms with Crippen LogP contribution in [0, 0.1) is 11.8 Å². The molecular formula is C47H85NO6. The Morgan fingerprint density at radius 2 is 0.815 bits per heavy atom. The van der Waals surface area contributed by atoms with Gasteiger partial charge in [-0.3, -0.25) is 9.59 Å². The molecule has 0 aromatic rings.